The van der Waals surface area contributed by atoms with Gasteiger partial charge >= 0.3 is 0 Å². The number of ether oxygens (including phenoxy) is 1. The van der Waals surface area contributed by atoms with Gasteiger partial charge in [0.05, 0.1) is 17.5 Å². The predicted octanol–water partition coefficient (Wildman–Crippen LogP) is 3.24. The van der Waals surface area contributed by atoms with Gasteiger partial charge in [0, 0.05) is 18.7 Å². The van der Waals surface area contributed by atoms with Crippen molar-refractivity contribution in [2.75, 3.05) is 13.2 Å². The van der Waals surface area contributed by atoms with E-state index in [0.29, 0.717) is 19.7 Å². The molecule has 0 aliphatic rings. The third kappa shape index (κ3) is 3.48. The summed E-state index contributed by atoms with van der Waals surface area (Å²) in [6.45, 7) is 1.67. The molecular weight excluding hydrogens is 257 g/mol. The molecule has 0 aliphatic heterocycles. The summed E-state index contributed by atoms with van der Waals surface area (Å²) < 4.78 is 23.7. The maximum absolute atomic E-state index is 13.4. The summed E-state index contributed by atoms with van der Waals surface area (Å²) in [5.41, 5.74) is 1.06. The zero-order valence-corrected chi connectivity index (χ0v) is 10.4. The molecule has 96 valence electrons. The van der Waals surface area contributed by atoms with E-state index < -0.39 is 5.82 Å². The summed E-state index contributed by atoms with van der Waals surface area (Å²) >= 11 is 5.64. The van der Waals surface area contributed by atoms with Gasteiger partial charge in [0.15, 0.2) is 11.6 Å². The quantitative estimate of drug-likeness (QED) is 0.818. The SMILES string of the molecule is Fc1c(Cl)cccc1OCCNCc1ccoc1. The van der Waals surface area contributed by atoms with Crippen LogP contribution in [0.1, 0.15) is 5.56 Å². The zero-order chi connectivity index (χ0) is 12.8. The van der Waals surface area contributed by atoms with Gasteiger partial charge in [-0.05, 0) is 18.2 Å². The van der Waals surface area contributed by atoms with E-state index in [2.05, 4.69) is 5.32 Å². The molecule has 0 radical (unpaired) electrons. The molecule has 2 rings (SSSR count). The van der Waals surface area contributed by atoms with Crippen LogP contribution in [-0.4, -0.2) is 13.2 Å². The van der Waals surface area contributed by atoms with Gasteiger partial charge in [0.1, 0.15) is 6.61 Å². The maximum atomic E-state index is 13.4. The van der Waals surface area contributed by atoms with Crippen molar-refractivity contribution < 1.29 is 13.5 Å². The van der Waals surface area contributed by atoms with Crippen LogP contribution in [0.5, 0.6) is 5.75 Å². The second kappa shape index (κ2) is 6.42. The second-order valence-corrected chi connectivity index (χ2v) is 4.12. The minimum atomic E-state index is -0.519. The summed E-state index contributed by atoms with van der Waals surface area (Å²) in [4.78, 5) is 0. The molecule has 1 aromatic heterocycles. The van der Waals surface area contributed by atoms with Crippen LogP contribution in [-0.2, 0) is 6.54 Å². The molecule has 1 N–H and O–H groups in total. The number of halogens is 2. The van der Waals surface area contributed by atoms with E-state index in [4.69, 9.17) is 20.8 Å². The molecule has 3 nitrogen and oxygen atoms in total. The van der Waals surface area contributed by atoms with Gasteiger partial charge in [-0.3, -0.25) is 0 Å². The average molecular weight is 270 g/mol. The monoisotopic (exact) mass is 269 g/mol. The number of benzene rings is 1. The first-order valence-corrected chi connectivity index (χ1v) is 5.94. The molecule has 0 unspecified atom stereocenters. The molecule has 0 fully saturated rings. The van der Waals surface area contributed by atoms with Gasteiger partial charge in [0.25, 0.3) is 0 Å². The van der Waals surface area contributed by atoms with E-state index in [0.717, 1.165) is 5.56 Å². The number of hydrogen-bond donors (Lipinski definition) is 1. The van der Waals surface area contributed by atoms with Crippen LogP contribution in [0, 0.1) is 5.82 Å². The number of hydrogen-bond acceptors (Lipinski definition) is 3. The Labute approximate surface area is 110 Å². The Morgan fingerprint density at radius 3 is 3.00 bits per heavy atom. The minimum Gasteiger partial charge on any atom is -0.489 e. The van der Waals surface area contributed by atoms with E-state index in [1.807, 2.05) is 6.07 Å². The van der Waals surface area contributed by atoms with E-state index in [-0.39, 0.29) is 10.8 Å². The molecule has 2 aromatic rings. The molecule has 0 amide bonds. The van der Waals surface area contributed by atoms with E-state index in [1.54, 1.807) is 24.7 Å². The lowest BCUT2D eigenvalue weighted by atomic mass is 10.3. The third-order valence-corrected chi connectivity index (χ3v) is 2.65. The van der Waals surface area contributed by atoms with E-state index in [9.17, 15) is 4.39 Å². The molecule has 0 saturated heterocycles. The van der Waals surface area contributed by atoms with Crippen LogP contribution in [0.4, 0.5) is 4.39 Å². The van der Waals surface area contributed by atoms with Crippen molar-refractivity contribution in [2.24, 2.45) is 0 Å². The van der Waals surface area contributed by atoms with Crippen LogP contribution in [0.2, 0.25) is 5.02 Å². The Bertz CT molecular complexity index is 488. The molecule has 0 atom stereocenters. The molecule has 1 heterocycles. The summed E-state index contributed by atoms with van der Waals surface area (Å²) in [5.74, 6) is -0.346. The fourth-order valence-electron chi connectivity index (χ4n) is 1.45. The number of furan rings is 1. The van der Waals surface area contributed by atoms with Gasteiger partial charge < -0.3 is 14.5 Å². The largest absolute Gasteiger partial charge is 0.489 e. The molecule has 0 spiro atoms. The number of rotatable bonds is 6. The van der Waals surface area contributed by atoms with Gasteiger partial charge in [-0.25, -0.2) is 4.39 Å². The first kappa shape index (κ1) is 12.9. The molecule has 0 bridgehead atoms. The normalized spacial score (nSPS) is 10.6. The molecular formula is C13H13ClFNO2. The standard InChI is InChI=1S/C13H13ClFNO2/c14-11-2-1-3-12(13(11)15)18-7-5-16-8-10-4-6-17-9-10/h1-4,6,9,16H,5,7-8H2. The van der Waals surface area contributed by atoms with Crippen LogP contribution in [0.15, 0.2) is 41.2 Å². The topological polar surface area (TPSA) is 34.4 Å². The Hall–Kier alpha value is -1.52. The highest BCUT2D eigenvalue weighted by Gasteiger charge is 2.06. The molecule has 1 aromatic carbocycles. The lowest BCUT2D eigenvalue weighted by Gasteiger charge is -2.08. The van der Waals surface area contributed by atoms with Crippen molar-refractivity contribution in [1.82, 2.24) is 5.32 Å². The Morgan fingerprint density at radius 2 is 2.22 bits per heavy atom. The first-order chi connectivity index (χ1) is 8.77. The first-order valence-electron chi connectivity index (χ1n) is 5.56. The van der Waals surface area contributed by atoms with Gasteiger partial charge in [-0.2, -0.15) is 0 Å². The second-order valence-electron chi connectivity index (χ2n) is 3.71. The van der Waals surface area contributed by atoms with Crippen molar-refractivity contribution >= 4 is 11.6 Å². The van der Waals surface area contributed by atoms with E-state index >= 15 is 0 Å². The summed E-state index contributed by atoms with van der Waals surface area (Å²) in [6.07, 6.45) is 3.29. The third-order valence-electron chi connectivity index (χ3n) is 2.36. The smallest absolute Gasteiger partial charge is 0.183 e. The average Bonchev–Trinajstić information content (AvgIpc) is 2.87. The molecule has 5 heteroatoms. The Kier molecular flexibility index (Phi) is 4.61. The lowest BCUT2D eigenvalue weighted by molar-refractivity contribution is 0.298. The van der Waals surface area contributed by atoms with E-state index in [1.165, 1.54) is 6.07 Å². The highest BCUT2D eigenvalue weighted by atomic mass is 35.5. The molecule has 0 aliphatic carbocycles. The highest BCUT2D eigenvalue weighted by Crippen LogP contribution is 2.23. The lowest BCUT2D eigenvalue weighted by Crippen LogP contribution is -2.20. The summed E-state index contributed by atoms with van der Waals surface area (Å²) in [7, 11) is 0. The fraction of sp³-hybridized carbons (Fsp3) is 0.231. The fourth-order valence-corrected chi connectivity index (χ4v) is 1.62. The van der Waals surface area contributed by atoms with Crippen LogP contribution >= 0.6 is 11.6 Å². The van der Waals surface area contributed by atoms with Crippen molar-refractivity contribution in [2.45, 2.75) is 6.54 Å². The van der Waals surface area contributed by atoms with Crippen molar-refractivity contribution in [3.05, 3.63) is 53.2 Å². The molecule has 18 heavy (non-hydrogen) atoms. The van der Waals surface area contributed by atoms with Gasteiger partial charge in [0.2, 0.25) is 0 Å². The van der Waals surface area contributed by atoms with Gasteiger partial charge in [-0.1, -0.05) is 17.7 Å². The van der Waals surface area contributed by atoms with Crippen molar-refractivity contribution in [3.63, 3.8) is 0 Å². The summed E-state index contributed by atoms with van der Waals surface area (Å²) in [6, 6.07) is 6.57. The maximum Gasteiger partial charge on any atom is 0.183 e. The predicted molar refractivity (Wildman–Crippen MR) is 67.3 cm³/mol. The van der Waals surface area contributed by atoms with Crippen molar-refractivity contribution in [1.29, 1.82) is 0 Å². The minimum absolute atomic E-state index is 0.0684. The molecule has 0 saturated carbocycles. The Morgan fingerprint density at radius 1 is 1.33 bits per heavy atom. The van der Waals surface area contributed by atoms with Crippen molar-refractivity contribution in [3.8, 4) is 5.75 Å². The van der Waals surface area contributed by atoms with Crippen LogP contribution in [0.25, 0.3) is 0 Å². The summed E-state index contributed by atoms with van der Waals surface area (Å²) in [5, 5.41) is 3.22. The highest BCUT2D eigenvalue weighted by molar-refractivity contribution is 6.30. The van der Waals surface area contributed by atoms with Crippen LogP contribution in [0.3, 0.4) is 0 Å². The number of nitrogens with one attached hydrogen (secondary N) is 1. The van der Waals surface area contributed by atoms with Gasteiger partial charge in [-0.15, -0.1) is 0 Å². The Balaban J connectivity index is 1.70. The van der Waals surface area contributed by atoms with Crippen LogP contribution < -0.4 is 10.1 Å². The zero-order valence-electron chi connectivity index (χ0n) is 9.66.